The second-order valence-electron chi connectivity index (χ2n) is 7.75. The topological polar surface area (TPSA) is 42.0 Å². The molecule has 4 rings (SSSR count). The third-order valence-electron chi connectivity index (χ3n) is 5.65. The predicted molar refractivity (Wildman–Crippen MR) is 110 cm³/mol. The maximum atomic E-state index is 12.5. The Kier molecular flexibility index (Phi) is 5.81. The van der Waals surface area contributed by atoms with Gasteiger partial charge >= 0.3 is 6.09 Å². The Morgan fingerprint density at radius 1 is 1.18 bits per heavy atom. The summed E-state index contributed by atoms with van der Waals surface area (Å²) in [7, 11) is 1.81. The number of anilines is 1. The molecule has 28 heavy (non-hydrogen) atoms. The molecule has 2 heterocycles. The molecule has 1 fully saturated rings. The third-order valence-corrected chi connectivity index (χ3v) is 5.65. The molecule has 5 heteroatoms. The van der Waals surface area contributed by atoms with Gasteiger partial charge in [-0.1, -0.05) is 30.3 Å². The highest BCUT2D eigenvalue weighted by molar-refractivity contribution is 5.71. The molecule has 2 aliphatic rings. The monoisotopic (exact) mass is 380 g/mol. The Bertz CT molecular complexity index is 803. The summed E-state index contributed by atoms with van der Waals surface area (Å²) in [5, 5.41) is 0. The van der Waals surface area contributed by atoms with Crippen LogP contribution in [0.4, 0.5) is 10.5 Å². The van der Waals surface area contributed by atoms with Crippen molar-refractivity contribution in [2.75, 3.05) is 38.3 Å². The molecule has 0 bridgehead atoms. The molecule has 0 atom stereocenters. The van der Waals surface area contributed by atoms with Crippen molar-refractivity contribution in [3.63, 3.8) is 0 Å². The van der Waals surface area contributed by atoms with Crippen molar-refractivity contribution in [2.24, 2.45) is 5.92 Å². The molecule has 0 aromatic heterocycles. The van der Waals surface area contributed by atoms with Crippen LogP contribution in [0.25, 0.3) is 0 Å². The first-order valence-electron chi connectivity index (χ1n) is 10.1. The van der Waals surface area contributed by atoms with E-state index in [1.807, 2.05) is 25.2 Å². The number of carbonyl (C=O) groups excluding carboxylic acids is 1. The van der Waals surface area contributed by atoms with E-state index in [1.165, 1.54) is 16.8 Å². The molecule has 0 radical (unpaired) electrons. The van der Waals surface area contributed by atoms with Crippen molar-refractivity contribution in [1.82, 2.24) is 4.90 Å². The lowest BCUT2D eigenvalue weighted by Crippen LogP contribution is -2.35. The van der Waals surface area contributed by atoms with Crippen LogP contribution in [0, 0.1) is 5.92 Å². The van der Waals surface area contributed by atoms with Gasteiger partial charge in [0.1, 0.15) is 5.75 Å². The van der Waals surface area contributed by atoms with E-state index in [2.05, 4.69) is 35.2 Å². The smallest absolute Gasteiger partial charge is 0.410 e. The molecule has 5 nitrogen and oxygen atoms in total. The van der Waals surface area contributed by atoms with E-state index in [9.17, 15) is 4.79 Å². The van der Waals surface area contributed by atoms with Gasteiger partial charge in [0.25, 0.3) is 0 Å². The first-order valence-corrected chi connectivity index (χ1v) is 10.1. The molecule has 0 unspecified atom stereocenters. The number of amides is 1. The molecule has 1 saturated heterocycles. The van der Waals surface area contributed by atoms with Crippen LogP contribution in [-0.2, 0) is 17.7 Å². The Balaban J connectivity index is 1.35. The average Bonchev–Trinajstić information content (AvgIpc) is 3.11. The van der Waals surface area contributed by atoms with Crippen molar-refractivity contribution in [3.05, 3.63) is 59.7 Å². The van der Waals surface area contributed by atoms with E-state index in [-0.39, 0.29) is 6.09 Å². The molecule has 0 spiro atoms. The Morgan fingerprint density at radius 2 is 1.96 bits per heavy atom. The lowest BCUT2D eigenvalue weighted by Gasteiger charge is -2.26. The summed E-state index contributed by atoms with van der Waals surface area (Å²) < 4.78 is 11.0. The summed E-state index contributed by atoms with van der Waals surface area (Å²) in [5.41, 5.74) is 3.79. The minimum Gasteiger partial charge on any atom is -0.410 e. The van der Waals surface area contributed by atoms with Crippen LogP contribution in [-0.4, -0.2) is 44.3 Å². The van der Waals surface area contributed by atoms with E-state index < -0.39 is 0 Å². The van der Waals surface area contributed by atoms with Gasteiger partial charge in [0, 0.05) is 45.6 Å². The zero-order chi connectivity index (χ0) is 19.3. The second kappa shape index (κ2) is 8.65. The van der Waals surface area contributed by atoms with Gasteiger partial charge in [-0.05, 0) is 54.5 Å². The lowest BCUT2D eigenvalue weighted by molar-refractivity contribution is 0.0559. The fourth-order valence-electron chi connectivity index (χ4n) is 4.05. The number of ether oxygens (including phenoxy) is 2. The van der Waals surface area contributed by atoms with Gasteiger partial charge < -0.3 is 19.3 Å². The molecule has 0 N–H and O–H groups in total. The summed E-state index contributed by atoms with van der Waals surface area (Å²) in [4.78, 5) is 16.5. The number of carbonyl (C=O) groups is 1. The van der Waals surface area contributed by atoms with E-state index >= 15 is 0 Å². The Hall–Kier alpha value is -2.53. The largest absolute Gasteiger partial charge is 0.414 e. The van der Waals surface area contributed by atoms with Crippen LogP contribution in [0.15, 0.2) is 48.5 Å². The van der Waals surface area contributed by atoms with Gasteiger partial charge in [-0.25, -0.2) is 4.79 Å². The fraction of sp³-hybridized carbons (Fsp3) is 0.435. The summed E-state index contributed by atoms with van der Waals surface area (Å²) >= 11 is 0. The van der Waals surface area contributed by atoms with Crippen LogP contribution in [0.3, 0.4) is 0 Å². The molecule has 2 aromatic rings. The average molecular weight is 380 g/mol. The zero-order valence-corrected chi connectivity index (χ0v) is 16.5. The molecule has 1 amide bonds. The second-order valence-corrected chi connectivity index (χ2v) is 7.75. The minimum atomic E-state index is -0.286. The number of nitrogens with zero attached hydrogens (tertiary/aromatic N) is 2. The molecule has 2 aromatic carbocycles. The summed E-state index contributed by atoms with van der Waals surface area (Å²) in [6.07, 6.45) is 2.71. The van der Waals surface area contributed by atoms with Crippen molar-refractivity contribution in [2.45, 2.75) is 25.8 Å². The molecule has 0 saturated carbocycles. The fourth-order valence-corrected chi connectivity index (χ4v) is 4.05. The van der Waals surface area contributed by atoms with Gasteiger partial charge in [0.15, 0.2) is 0 Å². The maximum absolute atomic E-state index is 12.5. The number of rotatable bonds is 5. The zero-order valence-electron chi connectivity index (χ0n) is 16.5. The number of hydrogen-bond donors (Lipinski definition) is 0. The number of fused-ring (bicyclic) bond motifs is 1. The standard InChI is InChI=1S/C23H28N2O3/c1-24(16-19-10-13-27-14-11-19)23(26)28-21-7-8-22-20(15-21)9-12-25(22)17-18-5-3-2-4-6-18/h2-8,15,19H,9-14,16-17H2,1H3. The first kappa shape index (κ1) is 18.8. The molecule has 148 valence electrons. The van der Waals surface area contributed by atoms with Crippen LogP contribution in [0.5, 0.6) is 5.75 Å². The highest BCUT2D eigenvalue weighted by atomic mass is 16.6. The molecule has 2 aliphatic heterocycles. The molecular weight excluding hydrogens is 352 g/mol. The van der Waals surface area contributed by atoms with Gasteiger partial charge in [0.05, 0.1) is 0 Å². The van der Waals surface area contributed by atoms with Crippen molar-refractivity contribution in [1.29, 1.82) is 0 Å². The van der Waals surface area contributed by atoms with Crippen LogP contribution in [0.1, 0.15) is 24.0 Å². The maximum Gasteiger partial charge on any atom is 0.414 e. The van der Waals surface area contributed by atoms with Gasteiger partial charge in [-0.3, -0.25) is 0 Å². The highest BCUT2D eigenvalue weighted by Gasteiger charge is 2.22. The third kappa shape index (κ3) is 4.47. The van der Waals surface area contributed by atoms with Gasteiger partial charge in [-0.2, -0.15) is 0 Å². The van der Waals surface area contributed by atoms with E-state index in [0.29, 0.717) is 11.7 Å². The number of hydrogen-bond acceptors (Lipinski definition) is 4. The van der Waals surface area contributed by atoms with Crippen LogP contribution in [0.2, 0.25) is 0 Å². The SMILES string of the molecule is CN(CC1CCOCC1)C(=O)Oc1ccc2c(c1)CCN2Cc1ccccc1. The lowest BCUT2D eigenvalue weighted by atomic mass is 10.0. The van der Waals surface area contributed by atoms with E-state index in [4.69, 9.17) is 9.47 Å². The normalized spacial score (nSPS) is 16.7. The van der Waals surface area contributed by atoms with E-state index in [0.717, 1.165) is 52.1 Å². The van der Waals surface area contributed by atoms with E-state index in [1.54, 1.807) is 4.90 Å². The van der Waals surface area contributed by atoms with Crippen molar-refractivity contribution >= 4 is 11.8 Å². The summed E-state index contributed by atoms with van der Waals surface area (Å²) in [5.74, 6) is 1.13. The van der Waals surface area contributed by atoms with Crippen molar-refractivity contribution < 1.29 is 14.3 Å². The van der Waals surface area contributed by atoms with Gasteiger partial charge in [0.2, 0.25) is 0 Å². The Labute approximate surface area is 166 Å². The van der Waals surface area contributed by atoms with Crippen LogP contribution >= 0.6 is 0 Å². The summed E-state index contributed by atoms with van der Waals surface area (Å²) in [6.45, 7) is 4.19. The Morgan fingerprint density at radius 3 is 2.75 bits per heavy atom. The van der Waals surface area contributed by atoms with Crippen molar-refractivity contribution in [3.8, 4) is 5.75 Å². The predicted octanol–water partition coefficient (Wildman–Crippen LogP) is 4.11. The quantitative estimate of drug-likeness (QED) is 0.783. The highest BCUT2D eigenvalue weighted by Crippen LogP contribution is 2.32. The minimum absolute atomic E-state index is 0.286. The molecule has 0 aliphatic carbocycles. The molecular formula is C23H28N2O3. The van der Waals surface area contributed by atoms with Crippen LogP contribution < -0.4 is 9.64 Å². The first-order chi connectivity index (χ1) is 13.7. The summed E-state index contributed by atoms with van der Waals surface area (Å²) in [6, 6.07) is 16.5. The van der Waals surface area contributed by atoms with Gasteiger partial charge in [-0.15, -0.1) is 0 Å². The number of benzene rings is 2.